The van der Waals surface area contributed by atoms with Crippen LogP contribution in [0.5, 0.6) is 11.5 Å². The molecule has 1 saturated heterocycles. The molecule has 0 unspecified atom stereocenters. The molecule has 1 N–H and O–H groups in total. The first-order valence-electron chi connectivity index (χ1n) is 11.3. The molecule has 1 fully saturated rings. The zero-order valence-electron chi connectivity index (χ0n) is 20.5. The number of non-ortho nitro benzene ring substituents is 1. The summed E-state index contributed by atoms with van der Waals surface area (Å²) in [5, 5.41) is 12.2. The number of thioether (sulfide) groups is 1. The lowest BCUT2D eigenvalue weighted by atomic mass is 10.1. The number of carbonyl (C=O) groups is 3. The molecule has 3 aromatic rings. The van der Waals surface area contributed by atoms with Crippen LogP contribution in [-0.4, -0.2) is 40.5 Å². The third-order valence-electron chi connectivity index (χ3n) is 5.49. The Morgan fingerprint density at radius 1 is 1.07 bits per heavy atom. The maximum Gasteiger partial charge on any atom is 0.294 e. The second-order valence-electron chi connectivity index (χ2n) is 8.16. The summed E-state index contributed by atoms with van der Waals surface area (Å²) in [6.45, 7) is -0.763. The van der Waals surface area contributed by atoms with Gasteiger partial charge in [0.25, 0.3) is 16.8 Å². The van der Waals surface area contributed by atoms with E-state index >= 15 is 0 Å². The number of hydrogen-bond acceptors (Lipinski definition) is 8. The minimum Gasteiger partial charge on any atom is -0.493 e. The Labute approximate surface area is 228 Å². The van der Waals surface area contributed by atoms with Crippen LogP contribution in [0.15, 0.2) is 59.5 Å². The van der Waals surface area contributed by atoms with Crippen molar-refractivity contribution in [1.82, 2.24) is 4.90 Å². The maximum absolute atomic E-state index is 13.8. The molecule has 0 spiro atoms. The first kappa shape index (κ1) is 28.2. The van der Waals surface area contributed by atoms with Crippen LogP contribution in [0.3, 0.4) is 0 Å². The van der Waals surface area contributed by atoms with Gasteiger partial charge in [0.15, 0.2) is 29.0 Å². The Morgan fingerprint density at radius 2 is 1.85 bits per heavy atom. The zero-order valence-corrected chi connectivity index (χ0v) is 21.3. The minimum absolute atomic E-state index is 0.0101. The quantitative estimate of drug-likeness (QED) is 0.159. The standard InChI is InChI=1S/C26H18F3N3O7S/c1-38-20-10-14(5-8-19(20)39-13-15-3-2-4-16(9-15)32(36)37)11-21-25(34)31(26(35)40-21)12-22(33)30-18-7-6-17(27)23(28)24(18)29/h2-11H,12-13H2,1H3,(H,30,33)/b21-11+. The van der Waals surface area contributed by atoms with Crippen LogP contribution in [0, 0.1) is 27.6 Å². The van der Waals surface area contributed by atoms with Gasteiger partial charge in [-0.2, -0.15) is 0 Å². The van der Waals surface area contributed by atoms with Gasteiger partial charge in [-0.3, -0.25) is 29.4 Å². The van der Waals surface area contributed by atoms with E-state index in [1.807, 2.05) is 5.32 Å². The van der Waals surface area contributed by atoms with E-state index in [1.54, 1.807) is 18.2 Å². The summed E-state index contributed by atoms with van der Waals surface area (Å²) in [5.74, 6) is -6.02. The lowest BCUT2D eigenvalue weighted by molar-refractivity contribution is -0.384. The SMILES string of the molecule is COc1cc(/C=C2/SC(=O)N(CC(=O)Nc3ccc(F)c(F)c3F)C2=O)ccc1OCc1cccc([N+](=O)[O-])c1. The molecule has 3 aromatic carbocycles. The van der Waals surface area contributed by atoms with Crippen molar-refractivity contribution in [2.24, 2.45) is 0 Å². The topological polar surface area (TPSA) is 128 Å². The van der Waals surface area contributed by atoms with Crippen LogP contribution < -0.4 is 14.8 Å². The molecule has 40 heavy (non-hydrogen) atoms. The van der Waals surface area contributed by atoms with Crippen molar-refractivity contribution in [2.45, 2.75) is 6.61 Å². The average Bonchev–Trinajstić information content (AvgIpc) is 3.19. The third-order valence-corrected chi connectivity index (χ3v) is 6.39. The number of ether oxygens (including phenoxy) is 2. The average molecular weight is 574 g/mol. The van der Waals surface area contributed by atoms with E-state index < -0.39 is 51.7 Å². The molecule has 1 heterocycles. The van der Waals surface area contributed by atoms with Crippen molar-refractivity contribution in [3.8, 4) is 11.5 Å². The van der Waals surface area contributed by atoms with E-state index in [1.165, 1.54) is 37.5 Å². The number of nitro groups is 1. The molecule has 0 aromatic heterocycles. The third kappa shape index (κ3) is 6.23. The van der Waals surface area contributed by atoms with Gasteiger partial charge in [-0.15, -0.1) is 0 Å². The number of methoxy groups -OCH3 is 1. The highest BCUT2D eigenvalue weighted by Gasteiger charge is 2.36. The second kappa shape index (κ2) is 11.9. The van der Waals surface area contributed by atoms with E-state index in [9.17, 15) is 37.7 Å². The summed E-state index contributed by atoms with van der Waals surface area (Å²) in [7, 11) is 1.39. The first-order valence-corrected chi connectivity index (χ1v) is 12.1. The Morgan fingerprint density at radius 3 is 2.58 bits per heavy atom. The fraction of sp³-hybridized carbons (Fsp3) is 0.115. The number of halogens is 3. The van der Waals surface area contributed by atoms with Gasteiger partial charge in [0.05, 0.1) is 22.6 Å². The van der Waals surface area contributed by atoms with Gasteiger partial charge in [0.2, 0.25) is 5.91 Å². The first-order chi connectivity index (χ1) is 19.1. The Kier molecular flexibility index (Phi) is 8.38. The number of nitro benzene ring substituents is 1. The molecule has 14 heteroatoms. The van der Waals surface area contributed by atoms with Crippen LogP contribution in [0.25, 0.3) is 6.08 Å². The smallest absolute Gasteiger partial charge is 0.294 e. The van der Waals surface area contributed by atoms with Gasteiger partial charge < -0.3 is 14.8 Å². The molecular formula is C26H18F3N3O7S. The Bertz CT molecular complexity index is 1560. The molecule has 206 valence electrons. The van der Waals surface area contributed by atoms with Gasteiger partial charge in [0, 0.05) is 12.1 Å². The fourth-order valence-electron chi connectivity index (χ4n) is 3.56. The number of rotatable bonds is 9. The summed E-state index contributed by atoms with van der Waals surface area (Å²) < 4.78 is 51.4. The normalized spacial score (nSPS) is 14.0. The number of anilines is 1. The lowest BCUT2D eigenvalue weighted by Crippen LogP contribution is -2.36. The van der Waals surface area contributed by atoms with Crippen LogP contribution in [0.1, 0.15) is 11.1 Å². The van der Waals surface area contributed by atoms with E-state index in [0.29, 0.717) is 39.6 Å². The van der Waals surface area contributed by atoms with Crippen LogP contribution in [0.4, 0.5) is 29.3 Å². The number of amides is 3. The molecule has 0 atom stereocenters. The maximum atomic E-state index is 13.8. The van der Waals surface area contributed by atoms with Crippen molar-refractivity contribution in [3.05, 3.63) is 98.2 Å². The highest BCUT2D eigenvalue weighted by atomic mass is 32.2. The number of carbonyl (C=O) groups excluding carboxylic acids is 3. The van der Waals surface area contributed by atoms with Crippen molar-refractivity contribution in [2.75, 3.05) is 19.0 Å². The second-order valence-corrected chi connectivity index (χ2v) is 9.16. The summed E-state index contributed by atoms with van der Waals surface area (Å²) in [6.07, 6.45) is 1.39. The summed E-state index contributed by atoms with van der Waals surface area (Å²) in [6, 6.07) is 12.0. The van der Waals surface area contributed by atoms with Crippen molar-refractivity contribution in [1.29, 1.82) is 0 Å². The summed E-state index contributed by atoms with van der Waals surface area (Å²) in [4.78, 5) is 48.5. The van der Waals surface area contributed by atoms with Gasteiger partial charge in [-0.1, -0.05) is 18.2 Å². The predicted molar refractivity (Wildman–Crippen MR) is 138 cm³/mol. The number of imide groups is 1. The Balaban J connectivity index is 1.43. The molecule has 4 rings (SSSR count). The zero-order chi connectivity index (χ0) is 29.0. The minimum atomic E-state index is -1.78. The van der Waals surface area contributed by atoms with Crippen molar-refractivity contribution < 1.29 is 42.0 Å². The molecule has 10 nitrogen and oxygen atoms in total. The molecule has 0 bridgehead atoms. The fourth-order valence-corrected chi connectivity index (χ4v) is 4.40. The van der Waals surface area contributed by atoms with Crippen LogP contribution >= 0.6 is 11.8 Å². The van der Waals surface area contributed by atoms with Gasteiger partial charge >= 0.3 is 0 Å². The molecule has 1 aliphatic heterocycles. The van der Waals surface area contributed by atoms with E-state index in [4.69, 9.17) is 9.47 Å². The highest BCUT2D eigenvalue weighted by molar-refractivity contribution is 8.18. The molecular weight excluding hydrogens is 555 g/mol. The number of benzene rings is 3. The number of nitrogens with one attached hydrogen (secondary N) is 1. The van der Waals surface area contributed by atoms with Gasteiger partial charge in [-0.25, -0.2) is 13.2 Å². The number of nitrogens with zero attached hydrogens (tertiary/aromatic N) is 2. The largest absolute Gasteiger partial charge is 0.493 e. The molecule has 3 amide bonds. The van der Waals surface area contributed by atoms with Crippen molar-refractivity contribution in [3.63, 3.8) is 0 Å². The van der Waals surface area contributed by atoms with Gasteiger partial charge in [0.1, 0.15) is 13.2 Å². The Hall–Kier alpha value is -4.85. The summed E-state index contributed by atoms with van der Waals surface area (Å²) in [5.41, 5.74) is 0.293. The van der Waals surface area contributed by atoms with Gasteiger partial charge in [-0.05, 0) is 53.2 Å². The summed E-state index contributed by atoms with van der Waals surface area (Å²) >= 11 is 0.569. The molecule has 1 aliphatic rings. The molecule has 0 radical (unpaired) electrons. The highest BCUT2D eigenvalue weighted by Crippen LogP contribution is 2.35. The lowest BCUT2D eigenvalue weighted by Gasteiger charge is -2.13. The monoisotopic (exact) mass is 573 g/mol. The molecule has 0 saturated carbocycles. The molecule has 0 aliphatic carbocycles. The van der Waals surface area contributed by atoms with E-state index in [0.717, 1.165) is 6.07 Å². The van der Waals surface area contributed by atoms with E-state index in [-0.39, 0.29) is 22.9 Å². The predicted octanol–water partition coefficient (Wildman–Crippen LogP) is 5.27. The van der Waals surface area contributed by atoms with Crippen LogP contribution in [-0.2, 0) is 16.2 Å². The number of hydrogen-bond donors (Lipinski definition) is 1. The van der Waals surface area contributed by atoms with Crippen molar-refractivity contribution >= 4 is 46.3 Å². The van der Waals surface area contributed by atoms with E-state index in [2.05, 4.69) is 0 Å². The van der Waals surface area contributed by atoms with Crippen LogP contribution in [0.2, 0.25) is 0 Å².